The fraction of sp³-hybridized carbons (Fsp3) is 0.462. The minimum absolute atomic E-state index is 0.231. The lowest BCUT2D eigenvalue weighted by atomic mass is 10.1. The molecule has 0 atom stereocenters. The molecule has 0 saturated carbocycles. The lowest BCUT2D eigenvalue weighted by Crippen LogP contribution is -2.20. The Labute approximate surface area is 109 Å². The number of hydrogen-bond donors (Lipinski definition) is 1. The lowest BCUT2D eigenvalue weighted by Gasteiger charge is -2.07. The van der Waals surface area contributed by atoms with Crippen LogP contribution in [0.5, 0.6) is 0 Å². The highest BCUT2D eigenvalue weighted by Gasteiger charge is 2.12. The average Bonchev–Trinajstić information content (AvgIpc) is 2.26. The summed E-state index contributed by atoms with van der Waals surface area (Å²) in [5.41, 5.74) is 1.80. The van der Waals surface area contributed by atoms with E-state index >= 15 is 0 Å². The van der Waals surface area contributed by atoms with E-state index in [2.05, 4.69) is 23.8 Å². The Morgan fingerprint density at radius 1 is 1.28 bits per heavy atom. The molecule has 0 aromatic heterocycles. The molecule has 0 unspecified atom stereocenters. The van der Waals surface area contributed by atoms with Crippen LogP contribution in [0.3, 0.4) is 0 Å². The van der Waals surface area contributed by atoms with E-state index < -0.39 is 10.0 Å². The molecule has 1 aromatic rings. The van der Waals surface area contributed by atoms with Crippen LogP contribution in [-0.4, -0.2) is 14.1 Å². The van der Waals surface area contributed by atoms with Crippen molar-refractivity contribution in [3.8, 4) is 0 Å². The van der Waals surface area contributed by atoms with Crippen molar-refractivity contribution in [3.05, 3.63) is 29.8 Å². The fourth-order valence-corrected chi connectivity index (χ4v) is 2.42. The number of rotatable bonds is 5. The summed E-state index contributed by atoms with van der Waals surface area (Å²) in [7, 11) is -3.55. The van der Waals surface area contributed by atoms with E-state index in [0.717, 1.165) is 17.7 Å². The summed E-state index contributed by atoms with van der Waals surface area (Å²) >= 11 is 0. The van der Waals surface area contributed by atoms with Crippen molar-refractivity contribution in [3.63, 3.8) is 0 Å². The van der Waals surface area contributed by atoms with Gasteiger partial charge in [0.25, 0.3) is 10.0 Å². The quantitative estimate of drug-likeness (QED) is 0.659. The number of sulfonamides is 1. The number of hydrazone groups is 1. The van der Waals surface area contributed by atoms with E-state index in [1.165, 1.54) is 0 Å². The molecule has 0 fully saturated rings. The van der Waals surface area contributed by atoms with Gasteiger partial charge in [0, 0.05) is 5.71 Å². The van der Waals surface area contributed by atoms with Crippen LogP contribution in [0, 0.1) is 12.8 Å². The van der Waals surface area contributed by atoms with Crippen molar-refractivity contribution in [1.82, 2.24) is 4.83 Å². The van der Waals surface area contributed by atoms with Crippen LogP contribution in [0.1, 0.15) is 32.8 Å². The van der Waals surface area contributed by atoms with Crippen molar-refractivity contribution in [1.29, 1.82) is 0 Å². The van der Waals surface area contributed by atoms with Gasteiger partial charge in [-0.15, -0.1) is 0 Å². The van der Waals surface area contributed by atoms with Gasteiger partial charge in [-0.05, 0) is 38.3 Å². The van der Waals surface area contributed by atoms with Crippen molar-refractivity contribution < 1.29 is 8.42 Å². The number of hydrogen-bond acceptors (Lipinski definition) is 3. The third kappa shape index (κ3) is 4.49. The zero-order chi connectivity index (χ0) is 13.8. The Hall–Kier alpha value is -1.36. The molecule has 0 aliphatic carbocycles. The minimum atomic E-state index is -3.55. The summed E-state index contributed by atoms with van der Waals surface area (Å²) < 4.78 is 23.8. The summed E-state index contributed by atoms with van der Waals surface area (Å²) in [6.45, 7) is 7.85. The topological polar surface area (TPSA) is 58.5 Å². The number of nitrogens with zero attached hydrogens (tertiary/aromatic N) is 1. The van der Waals surface area contributed by atoms with Crippen LogP contribution in [-0.2, 0) is 10.0 Å². The molecule has 1 N–H and O–H groups in total. The molecule has 4 nitrogen and oxygen atoms in total. The lowest BCUT2D eigenvalue weighted by molar-refractivity contribution is 0.583. The van der Waals surface area contributed by atoms with Gasteiger partial charge in [-0.2, -0.15) is 13.5 Å². The van der Waals surface area contributed by atoms with Crippen LogP contribution in [0.25, 0.3) is 0 Å². The van der Waals surface area contributed by atoms with Gasteiger partial charge >= 0.3 is 0 Å². The summed E-state index contributed by atoms with van der Waals surface area (Å²) in [4.78, 5) is 2.49. The van der Waals surface area contributed by atoms with Gasteiger partial charge in [0.1, 0.15) is 0 Å². The number of benzene rings is 1. The largest absolute Gasteiger partial charge is 0.276 e. The molecular formula is C13H20N2O2S. The molecule has 0 spiro atoms. The van der Waals surface area contributed by atoms with Crippen molar-refractivity contribution in [2.75, 3.05) is 0 Å². The molecule has 0 amide bonds. The number of nitrogens with one attached hydrogen (secondary N) is 1. The molecule has 0 radical (unpaired) electrons. The van der Waals surface area contributed by atoms with E-state index in [9.17, 15) is 8.42 Å². The van der Waals surface area contributed by atoms with Crippen LogP contribution in [0.4, 0.5) is 0 Å². The van der Waals surface area contributed by atoms with E-state index in [0.29, 0.717) is 5.92 Å². The molecule has 0 aliphatic heterocycles. The van der Waals surface area contributed by atoms with E-state index in [4.69, 9.17) is 0 Å². The van der Waals surface area contributed by atoms with Gasteiger partial charge < -0.3 is 0 Å². The van der Waals surface area contributed by atoms with Gasteiger partial charge in [0.05, 0.1) is 4.90 Å². The molecule has 1 rings (SSSR count). The maximum absolute atomic E-state index is 11.9. The Morgan fingerprint density at radius 3 is 2.33 bits per heavy atom. The van der Waals surface area contributed by atoms with E-state index in [-0.39, 0.29) is 4.90 Å². The second-order valence-electron chi connectivity index (χ2n) is 4.85. The summed E-state index contributed by atoms with van der Waals surface area (Å²) in [5.74, 6) is 0.456. The first-order valence-corrected chi connectivity index (χ1v) is 7.41. The normalized spacial score (nSPS) is 12.8. The fourth-order valence-electron chi connectivity index (χ4n) is 1.54. The third-order valence-corrected chi connectivity index (χ3v) is 3.62. The molecule has 0 bridgehead atoms. The second kappa shape index (κ2) is 6.00. The monoisotopic (exact) mass is 268 g/mol. The third-order valence-electron chi connectivity index (χ3n) is 2.39. The maximum atomic E-state index is 11.9. The molecule has 0 saturated heterocycles. The van der Waals surface area contributed by atoms with Crippen molar-refractivity contribution in [2.24, 2.45) is 11.0 Å². The molecule has 0 aliphatic rings. The Bertz CT molecular complexity index is 516. The standard InChI is InChI=1S/C13H20N2O2S/c1-10(2)9-12(4)14-15-18(16,17)13-7-5-11(3)6-8-13/h5-8,10,15H,9H2,1-4H3/b14-12+. The first-order chi connectivity index (χ1) is 8.31. The Kier molecular flexibility index (Phi) is 4.90. The first kappa shape index (κ1) is 14.7. The van der Waals surface area contributed by atoms with Gasteiger partial charge in [-0.3, -0.25) is 0 Å². The molecule has 1 aromatic carbocycles. The molecular weight excluding hydrogens is 248 g/mol. The zero-order valence-electron chi connectivity index (χ0n) is 11.3. The van der Waals surface area contributed by atoms with Crippen molar-refractivity contribution >= 4 is 15.7 Å². The number of aryl methyl sites for hydroxylation is 1. The first-order valence-electron chi connectivity index (χ1n) is 5.93. The summed E-state index contributed by atoms with van der Waals surface area (Å²) in [5, 5.41) is 3.91. The van der Waals surface area contributed by atoms with Crippen molar-refractivity contribution in [2.45, 2.75) is 39.0 Å². The van der Waals surface area contributed by atoms with Gasteiger partial charge in [-0.1, -0.05) is 31.5 Å². The zero-order valence-corrected chi connectivity index (χ0v) is 12.1. The van der Waals surface area contributed by atoms with Crippen LogP contribution in [0.2, 0.25) is 0 Å². The average molecular weight is 268 g/mol. The SMILES string of the molecule is C/C(CC(C)C)=N\NS(=O)(=O)c1ccc(C)cc1. The van der Waals surface area contributed by atoms with E-state index in [1.54, 1.807) is 24.3 Å². The predicted octanol–water partition coefficient (Wildman–Crippen LogP) is 2.70. The summed E-state index contributed by atoms with van der Waals surface area (Å²) in [6.07, 6.45) is 0.774. The van der Waals surface area contributed by atoms with E-state index in [1.807, 2.05) is 13.8 Å². The highest BCUT2D eigenvalue weighted by atomic mass is 32.2. The highest BCUT2D eigenvalue weighted by Crippen LogP contribution is 2.10. The second-order valence-corrected chi connectivity index (χ2v) is 6.51. The highest BCUT2D eigenvalue weighted by molar-refractivity contribution is 7.89. The van der Waals surface area contributed by atoms with Crippen LogP contribution in [0.15, 0.2) is 34.3 Å². The minimum Gasteiger partial charge on any atom is -0.200 e. The smallest absolute Gasteiger partial charge is 0.200 e. The maximum Gasteiger partial charge on any atom is 0.276 e. The molecule has 100 valence electrons. The molecule has 5 heteroatoms. The predicted molar refractivity (Wildman–Crippen MR) is 74.1 cm³/mol. The molecule has 18 heavy (non-hydrogen) atoms. The van der Waals surface area contributed by atoms with Gasteiger partial charge in [0.2, 0.25) is 0 Å². The van der Waals surface area contributed by atoms with Crippen LogP contribution < -0.4 is 4.83 Å². The van der Waals surface area contributed by atoms with Crippen LogP contribution >= 0.6 is 0 Å². The van der Waals surface area contributed by atoms with Gasteiger partial charge in [0.15, 0.2) is 0 Å². The Balaban J connectivity index is 2.80. The van der Waals surface area contributed by atoms with Gasteiger partial charge in [-0.25, -0.2) is 4.83 Å². The summed E-state index contributed by atoms with van der Waals surface area (Å²) in [6, 6.07) is 6.68. The molecule has 0 heterocycles. The Morgan fingerprint density at radius 2 is 1.83 bits per heavy atom.